The maximum Gasteiger partial charge on any atom is 0.242 e. The smallest absolute Gasteiger partial charge is 0.242 e. The number of nitrogens with one attached hydrogen (secondary N) is 1. The molecule has 0 aromatic heterocycles. The highest BCUT2D eigenvalue weighted by atomic mass is 35.5. The minimum absolute atomic E-state index is 0.182. The zero-order valence-electron chi connectivity index (χ0n) is 8.91. The highest BCUT2D eigenvalue weighted by molar-refractivity contribution is 6.32. The molecule has 16 heavy (non-hydrogen) atoms. The summed E-state index contributed by atoms with van der Waals surface area (Å²) in [6.45, 7) is 1.65. The average molecular weight is 234 g/mol. The van der Waals surface area contributed by atoms with Gasteiger partial charge in [-0.25, -0.2) is 0 Å². The molecule has 0 aliphatic rings. The van der Waals surface area contributed by atoms with Crippen LogP contribution in [0.15, 0.2) is 42.5 Å². The van der Waals surface area contributed by atoms with Gasteiger partial charge in [-0.3, -0.25) is 4.79 Å². The minimum Gasteiger partial charge on any atom is -0.324 e. The van der Waals surface area contributed by atoms with Gasteiger partial charge in [-0.1, -0.05) is 36.4 Å². The molecule has 0 aliphatic heterocycles. The van der Waals surface area contributed by atoms with Crippen LogP contribution in [0.1, 0.15) is 6.92 Å². The van der Waals surface area contributed by atoms with Crippen molar-refractivity contribution in [2.45, 2.75) is 12.3 Å². The average Bonchev–Trinajstić information content (AvgIpc) is 2.29. The Morgan fingerprint density at radius 3 is 2.62 bits per heavy atom. The molecule has 2 rings (SSSR count). The molecule has 1 N–H and O–H groups in total. The van der Waals surface area contributed by atoms with Gasteiger partial charge in [0.15, 0.2) is 0 Å². The lowest BCUT2D eigenvalue weighted by Gasteiger charge is -2.09. The van der Waals surface area contributed by atoms with E-state index in [-0.39, 0.29) is 5.91 Å². The fraction of sp³-hybridized carbons (Fsp3) is 0.154. The van der Waals surface area contributed by atoms with Crippen LogP contribution < -0.4 is 5.32 Å². The van der Waals surface area contributed by atoms with Crippen LogP contribution in [0.3, 0.4) is 0 Å². The second-order valence-corrected chi connectivity index (χ2v) is 4.29. The van der Waals surface area contributed by atoms with Crippen LogP contribution >= 0.6 is 11.6 Å². The lowest BCUT2D eigenvalue weighted by molar-refractivity contribution is -0.115. The van der Waals surface area contributed by atoms with Gasteiger partial charge in [0.25, 0.3) is 0 Å². The first-order chi connectivity index (χ1) is 7.68. The number of rotatable bonds is 2. The molecule has 82 valence electrons. The van der Waals surface area contributed by atoms with Crippen LogP contribution in [0.4, 0.5) is 5.69 Å². The quantitative estimate of drug-likeness (QED) is 0.792. The van der Waals surface area contributed by atoms with E-state index < -0.39 is 5.38 Å². The van der Waals surface area contributed by atoms with Gasteiger partial charge in [-0.05, 0) is 18.4 Å². The lowest BCUT2D eigenvalue weighted by atomic mass is 10.1. The predicted molar refractivity (Wildman–Crippen MR) is 67.9 cm³/mol. The number of hydrogen-bond acceptors (Lipinski definition) is 1. The van der Waals surface area contributed by atoms with E-state index in [1.807, 2.05) is 42.5 Å². The summed E-state index contributed by atoms with van der Waals surface area (Å²) >= 11 is 5.72. The Morgan fingerprint density at radius 1 is 1.19 bits per heavy atom. The molecular formula is C13H12ClNO. The molecular weight excluding hydrogens is 222 g/mol. The molecule has 0 aliphatic carbocycles. The molecule has 0 spiro atoms. The maximum atomic E-state index is 11.5. The molecule has 0 radical (unpaired) electrons. The molecule has 2 aromatic rings. The Hall–Kier alpha value is -1.54. The summed E-state index contributed by atoms with van der Waals surface area (Å²) in [4.78, 5) is 11.5. The molecule has 0 saturated carbocycles. The minimum atomic E-state index is -0.529. The summed E-state index contributed by atoms with van der Waals surface area (Å²) in [5, 5.41) is 4.41. The van der Waals surface area contributed by atoms with E-state index in [0.29, 0.717) is 0 Å². The molecule has 0 saturated heterocycles. The van der Waals surface area contributed by atoms with Gasteiger partial charge in [0, 0.05) is 11.1 Å². The van der Waals surface area contributed by atoms with Gasteiger partial charge in [-0.2, -0.15) is 0 Å². The van der Waals surface area contributed by atoms with Gasteiger partial charge in [0.1, 0.15) is 5.38 Å². The number of alkyl halides is 1. The molecule has 2 nitrogen and oxygen atoms in total. The van der Waals surface area contributed by atoms with E-state index in [9.17, 15) is 4.79 Å². The first-order valence-electron chi connectivity index (χ1n) is 5.11. The normalized spacial score (nSPS) is 12.4. The summed E-state index contributed by atoms with van der Waals surface area (Å²) in [6, 6.07) is 13.7. The van der Waals surface area contributed by atoms with Gasteiger partial charge < -0.3 is 5.32 Å². The molecule has 1 atom stereocenters. The molecule has 0 heterocycles. The Labute approximate surface area is 99.2 Å². The summed E-state index contributed by atoms with van der Waals surface area (Å²) < 4.78 is 0. The number of carbonyl (C=O) groups excluding carboxylic acids is 1. The first kappa shape index (κ1) is 11.0. The van der Waals surface area contributed by atoms with E-state index in [1.54, 1.807) is 6.92 Å². The third-order valence-electron chi connectivity index (χ3n) is 2.41. The van der Waals surface area contributed by atoms with Crippen LogP contribution in [0.5, 0.6) is 0 Å². The fourth-order valence-electron chi connectivity index (χ4n) is 1.57. The second-order valence-electron chi connectivity index (χ2n) is 3.63. The van der Waals surface area contributed by atoms with Crippen LogP contribution in [0, 0.1) is 0 Å². The van der Waals surface area contributed by atoms with Gasteiger partial charge in [0.2, 0.25) is 5.91 Å². The van der Waals surface area contributed by atoms with Crippen molar-refractivity contribution in [2.75, 3.05) is 5.32 Å². The Morgan fingerprint density at radius 2 is 1.88 bits per heavy atom. The van der Waals surface area contributed by atoms with Crippen molar-refractivity contribution < 1.29 is 4.79 Å². The van der Waals surface area contributed by atoms with Crippen molar-refractivity contribution in [3.05, 3.63) is 42.5 Å². The monoisotopic (exact) mass is 233 g/mol. The third-order valence-corrected chi connectivity index (χ3v) is 2.61. The number of amides is 1. The van der Waals surface area contributed by atoms with Crippen molar-refractivity contribution in [3.63, 3.8) is 0 Å². The Kier molecular flexibility index (Phi) is 3.11. The lowest BCUT2D eigenvalue weighted by Crippen LogP contribution is -2.20. The number of anilines is 1. The highest BCUT2D eigenvalue weighted by Crippen LogP contribution is 2.23. The second kappa shape index (κ2) is 4.54. The Balaban J connectivity index is 2.41. The molecule has 0 fully saturated rings. The van der Waals surface area contributed by atoms with E-state index in [4.69, 9.17) is 11.6 Å². The van der Waals surface area contributed by atoms with Crippen LogP contribution in [0.2, 0.25) is 0 Å². The SMILES string of the molecule is CC(Cl)C(=O)Nc1cccc2ccccc12. The Bertz CT molecular complexity index is 517. The highest BCUT2D eigenvalue weighted by Gasteiger charge is 2.10. The summed E-state index contributed by atoms with van der Waals surface area (Å²) in [7, 11) is 0. The fourth-order valence-corrected chi connectivity index (χ4v) is 1.62. The van der Waals surface area contributed by atoms with Crippen molar-refractivity contribution in [1.82, 2.24) is 0 Å². The number of hydrogen-bond donors (Lipinski definition) is 1. The van der Waals surface area contributed by atoms with E-state index in [2.05, 4.69) is 5.32 Å². The number of halogens is 1. The van der Waals surface area contributed by atoms with Crippen LogP contribution in [0.25, 0.3) is 10.8 Å². The summed E-state index contributed by atoms with van der Waals surface area (Å²) in [5.41, 5.74) is 0.801. The number of carbonyl (C=O) groups is 1. The predicted octanol–water partition coefficient (Wildman–Crippen LogP) is 3.41. The molecule has 2 aromatic carbocycles. The van der Waals surface area contributed by atoms with Crippen LogP contribution in [-0.4, -0.2) is 11.3 Å². The van der Waals surface area contributed by atoms with Gasteiger partial charge in [-0.15, -0.1) is 11.6 Å². The van der Waals surface area contributed by atoms with Gasteiger partial charge in [0.05, 0.1) is 0 Å². The zero-order valence-corrected chi connectivity index (χ0v) is 9.66. The standard InChI is InChI=1S/C13H12ClNO/c1-9(14)13(16)15-12-8-4-6-10-5-2-3-7-11(10)12/h2-9H,1H3,(H,15,16). The molecule has 3 heteroatoms. The summed E-state index contributed by atoms with van der Waals surface area (Å²) in [6.07, 6.45) is 0. The molecule has 1 amide bonds. The van der Waals surface area contributed by atoms with Crippen molar-refractivity contribution in [3.8, 4) is 0 Å². The maximum absolute atomic E-state index is 11.5. The third kappa shape index (κ3) is 2.17. The number of benzene rings is 2. The van der Waals surface area contributed by atoms with E-state index in [0.717, 1.165) is 16.5 Å². The van der Waals surface area contributed by atoms with E-state index >= 15 is 0 Å². The number of fused-ring (bicyclic) bond motifs is 1. The van der Waals surface area contributed by atoms with Crippen molar-refractivity contribution in [2.24, 2.45) is 0 Å². The van der Waals surface area contributed by atoms with Crippen LogP contribution in [-0.2, 0) is 4.79 Å². The summed E-state index contributed by atoms with van der Waals surface area (Å²) in [5.74, 6) is -0.182. The first-order valence-corrected chi connectivity index (χ1v) is 5.55. The molecule has 1 unspecified atom stereocenters. The zero-order chi connectivity index (χ0) is 11.5. The molecule has 0 bridgehead atoms. The largest absolute Gasteiger partial charge is 0.324 e. The van der Waals surface area contributed by atoms with Crippen molar-refractivity contribution >= 4 is 34.0 Å². The van der Waals surface area contributed by atoms with Crippen molar-refractivity contribution in [1.29, 1.82) is 0 Å². The topological polar surface area (TPSA) is 29.1 Å². The van der Waals surface area contributed by atoms with Gasteiger partial charge >= 0.3 is 0 Å². The van der Waals surface area contributed by atoms with E-state index in [1.165, 1.54) is 0 Å².